The van der Waals surface area contributed by atoms with Gasteiger partial charge in [0.05, 0.1) is 7.11 Å². The molecule has 0 unspecified atom stereocenters. The number of amides is 1. The van der Waals surface area contributed by atoms with E-state index in [0.717, 1.165) is 18.4 Å². The van der Waals surface area contributed by atoms with Crippen LogP contribution >= 0.6 is 0 Å². The molecule has 0 saturated heterocycles. The summed E-state index contributed by atoms with van der Waals surface area (Å²) in [6, 6.07) is 16.2. The number of ether oxygens (including phenoxy) is 2. The summed E-state index contributed by atoms with van der Waals surface area (Å²) in [7, 11) is 1.60. The first-order valence-electron chi connectivity index (χ1n) is 9.23. The van der Waals surface area contributed by atoms with E-state index in [4.69, 9.17) is 9.47 Å². The summed E-state index contributed by atoms with van der Waals surface area (Å²) < 4.78 is 11.0. The second-order valence-corrected chi connectivity index (χ2v) is 6.19. The molecular formula is C22H23N3O3. The van der Waals surface area contributed by atoms with Gasteiger partial charge in [0, 0.05) is 36.0 Å². The minimum atomic E-state index is -0.0981. The second-order valence-electron chi connectivity index (χ2n) is 6.19. The smallest absolute Gasteiger partial charge is 0.251 e. The van der Waals surface area contributed by atoms with Crippen molar-refractivity contribution in [3.05, 3.63) is 66.4 Å². The Morgan fingerprint density at radius 1 is 1.07 bits per heavy atom. The molecule has 0 spiro atoms. The van der Waals surface area contributed by atoms with Gasteiger partial charge in [0.25, 0.3) is 5.91 Å². The normalized spacial score (nSPS) is 10.4. The molecular weight excluding hydrogens is 354 g/mol. The number of rotatable bonds is 8. The maximum Gasteiger partial charge on any atom is 0.251 e. The van der Waals surface area contributed by atoms with Crippen LogP contribution in [0.2, 0.25) is 0 Å². The van der Waals surface area contributed by atoms with Crippen molar-refractivity contribution in [1.82, 2.24) is 15.3 Å². The van der Waals surface area contributed by atoms with Crippen molar-refractivity contribution in [1.29, 1.82) is 0 Å². The molecule has 0 bridgehead atoms. The lowest BCUT2D eigenvalue weighted by Gasteiger charge is -2.08. The van der Waals surface area contributed by atoms with E-state index in [9.17, 15) is 4.79 Å². The minimum Gasteiger partial charge on any atom is -0.497 e. The van der Waals surface area contributed by atoms with Gasteiger partial charge in [-0.1, -0.05) is 31.5 Å². The second kappa shape index (κ2) is 9.50. The molecule has 144 valence electrons. The molecule has 0 aliphatic rings. The third kappa shape index (κ3) is 5.07. The van der Waals surface area contributed by atoms with Gasteiger partial charge in [-0.05, 0) is 30.7 Å². The Morgan fingerprint density at radius 2 is 1.89 bits per heavy atom. The zero-order valence-corrected chi connectivity index (χ0v) is 16.0. The van der Waals surface area contributed by atoms with Crippen LogP contribution in [0.4, 0.5) is 0 Å². The number of carbonyl (C=O) groups is 1. The Kier molecular flexibility index (Phi) is 6.57. The van der Waals surface area contributed by atoms with Crippen LogP contribution in [0.15, 0.2) is 60.8 Å². The number of unbranched alkanes of at least 4 members (excludes halogenated alkanes) is 1. The van der Waals surface area contributed by atoms with Crippen molar-refractivity contribution < 1.29 is 14.3 Å². The van der Waals surface area contributed by atoms with Crippen LogP contribution in [-0.2, 0) is 0 Å². The predicted molar refractivity (Wildman–Crippen MR) is 108 cm³/mol. The van der Waals surface area contributed by atoms with E-state index < -0.39 is 0 Å². The van der Waals surface area contributed by atoms with E-state index in [1.165, 1.54) is 0 Å². The summed E-state index contributed by atoms with van der Waals surface area (Å²) in [6.45, 7) is 2.75. The summed E-state index contributed by atoms with van der Waals surface area (Å²) in [5.41, 5.74) is 1.33. The molecule has 0 saturated carbocycles. The van der Waals surface area contributed by atoms with Crippen LogP contribution in [0.3, 0.4) is 0 Å². The highest BCUT2D eigenvalue weighted by atomic mass is 16.5. The van der Waals surface area contributed by atoms with Gasteiger partial charge < -0.3 is 14.8 Å². The number of hydrogen-bond acceptors (Lipinski definition) is 5. The molecule has 0 radical (unpaired) electrons. The Hall–Kier alpha value is -3.41. The van der Waals surface area contributed by atoms with Gasteiger partial charge in [-0.3, -0.25) is 4.79 Å². The monoisotopic (exact) mass is 377 g/mol. The van der Waals surface area contributed by atoms with Gasteiger partial charge in [0.2, 0.25) is 5.88 Å². The third-order valence-electron chi connectivity index (χ3n) is 4.09. The number of methoxy groups -OCH3 is 1. The summed E-state index contributed by atoms with van der Waals surface area (Å²) >= 11 is 0. The number of carbonyl (C=O) groups excluding carboxylic acids is 1. The predicted octanol–water partition coefficient (Wildman–Crippen LogP) is 4.47. The largest absolute Gasteiger partial charge is 0.497 e. The van der Waals surface area contributed by atoms with Gasteiger partial charge >= 0.3 is 0 Å². The first-order chi connectivity index (χ1) is 13.7. The topological polar surface area (TPSA) is 73.3 Å². The van der Waals surface area contributed by atoms with Crippen LogP contribution in [0.25, 0.3) is 11.4 Å². The molecule has 3 aromatic rings. The zero-order valence-electron chi connectivity index (χ0n) is 16.0. The first-order valence-corrected chi connectivity index (χ1v) is 9.23. The van der Waals surface area contributed by atoms with Crippen molar-refractivity contribution in [2.45, 2.75) is 19.8 Å². The number of hydrogen-bond donors (Lipinski definition) is 1. The lowest BCUT2D eigenvalue weighted by atomic mass is 10.1. The van der Waals surface area contributed by atoms with Crippen LogP contribution in [0, 0.1) is 0 Å². The first kappa shape index (κ1) is 19.4. The quantitative estimate of drug-likeness (QED) is 0.586. The van der Waals surface area contributed by atoms with E-state index >= 15 is 0 Å². The van der Waals surface area contributed by atoms with Crippen LogP contribution in [0.1, 0.15) is 30.1 Å². The molecule has 28 heavy (non-hydrogen) atoms. The fraction of sp³-hybridized carbons (Fsp3) is 0.227. The Bertz CT molecular complexity index is 944. The molecule has 1 heterocycles. The van der Waals surface area contributed by atoms with E-state index in [1.54, 1.807) is 37.6 Å². The van der Waals surface area contributed by atoms with Gasteiger partial charge in [0.15, 0.2) is 5.82 Å². The fourth-order valence-electron chi connectivity index (χ4n) is 2.60. The Labute approximate surface area is 164 Å². The third-order valence-corrected chi connectivity index (χ3v) is 4.09. The number of benzene rings is 2. The molecule has 6 nitrogen and oxygen atoms in total. The Balaban J connectivity index is 1.78. The average molecular weight is 377 g/mol. The maximum absolute atomic E-state index is 12.3. The molecule has 1 aromatic heterocycles. The van der Waals surface area contributed by atoms with Crippen molar-refractivity contribution in [2.24, 2.45) is 0 Å². The lowest BCUT2D eigenvalue weighted by Crippen LogP contribution is -2.24. The van der Waals surface area contributed by atoms with Crippen LogP contribution in [-0.4, -0.2) is 29.5 Å². The van der Waals surface area contributed by atoms with Crippen molar-refractivity contribution in [3.8, 4) is 28.8 Å². The molecule has 6 heteroatoms. The van der Waals surface area contributed by atoms with Crippen LogP contribution < -0.4 is 14.8 Å². The SMILES string of the molecule is CCCCNC(=O)c1cccc(-c2nccc(Oc3cccc(OC)c3)n2)c1. The highest BCUT2D eigenvalue weighted by molar-refractivity contribution is 5.95. The zero-order chi connectivity index (χ0) is 19.8. The van der Waals surface area contributed by atoms with Gasteiger partial charge in [-0.2, -0.15) is 4.98 Å². The fourth-order valence-corrected chi connectivity index (χ4v) is 2.60. The van der Waals surface area contributed by atoms with Crippen LogP contribution in [0.5, 0.6) is 17.4 Å². The summed E-state index contributed by atoms with van der Waals surface area (Å²) in [5, 5.41) is 2.92. The summed E-state index contributed by atoms with van der Waals surface area (Å²) in [4.78, 5) is 21.1. The molecule has 1 N–H and O–H groups in total. The Morgan fingerprint density at radius 3 is 2.71 bits per heavy atom. The lowest BCUT2D eigenvalue weighted by molar-refractivity contribution is 0.0953. The van der Waals surface area contributed by atoms with Gasteiger partial charge in [0.1, 0.15) is 11.5 Å². The molecule has 2 aromatic carbocycles. The molecule has 0 fully saturated rings. The van der Waals surface area contributed by atoms with E-state index in [-0.39, 0.29) is 5.91 Å². The van der Waals surface area contributed by atoms with Gasteiger partial charge in [-0.15, -0.1) is 0 Å². The maximum atomic E-state index is 12.3. The van der Waals surface area contributed by atoms with E-state index in [2.05, 4.69) is 22.2 Å². The molecule has 0 aliphatic carbocycles. The number of nitrogens with zero attached hydrogens (tertiary/aromatic N) is 2. The standard InChI is InChI=1S/C22H23N3O3/c1-3-4-12-24-22(26)17-8-5-7-16(14-17)21-23-13-11-20(25-21)28-19-10-6-9-18(15-19)27-2/h5-11,13-15H,3-4,12H2,1-2H3,(H,24,26). The molecule has 0 aliphatic heterocycles. The minimum absolute atomic E-state index is 0.0981. The van der Waals surface area contributed by atoms with E-state index in [0.29, 0.717) is 35.3 Å². The van der Waals surface area contributed by atoms with Crippen molar-refractivity contribution in [3.63, 3.8) is 0 Å². The van der Waals surface area contributed by atoms with Crippen molar-refractivity contribution in [2.75, 3.05) is 13.7 Å². The van der Waals surface area contributed by atoms with E-state index in [1.807, 2.05) is 30.3 Å². The highest BCUT2D eigenvalue weighted by Crippen LogP contribution is 2.25. The highest BCUT2D eigenvalue weighted by Gasteiger charge is 2.09. The average Bonchev–Trinajstić information content (AvgIpc) is 2.74. The molecule has 1 amide bonds. The van der Waals surface area contributed by atoms with Crippen molar-refractivity contribution >= 4 is 5.91 Å². The summed E-state index contributed by atoms with van der Waals surface area (Å²) in [6.07, 6.45) is 3.62. The molecule has 3 rings (SSSR count). The number of aromatic nitrogens is 2. The number of nitrogens with one attached hydrogen (secondary N) is 1. The van der Waals surface area contributed by atoms with Gasteiger partial charge in [-0.25, -0.2) is 4.98 Å². The molecule has 0 atom stereocenters. The summed E-state index contributed by atoms with van der Waals surface area (Å²) in [5.74, 6) is 2.13.